The van der Waals surface area contributed by atoms with Crippen LogP contribution in [0.2, 0.25) is 0 Å². The Morgan fingerprint density at radius 1 is 1.14 bits per heavy atom. The highest BCUT2D eigenvalue weighted by atomic mass is 79.9. The van der Waals surface area contributed by atoms with E-state index in [-0.39, 0.29) is 5.54 Å². The number of aromatic nitrogens is 1. The molecule has 0 radical (unpaired) electrons. The van der Waals surface area contributed by atoms with Gasteiger partial charge in [0.1, 0.15) is 12.4 Å². The van der Waals surface area contributed by atoms with Gasteiger partial charge in [0.15, 0.2) is 0 Å². The van der Waals surface area contributed by atoms with E-state index in [0.29, 0.717) is 6.61 Å². The lowest BCUT2D eigenvalue weighted by Gasteiger charge is -2.20. The van der Waals surface area contributed by atoms with Gasteiger partial charge in [-0.1, -0.05) is 24.3 Å². The van der Waals surface area contributed by atoms with Gasteiger partial charge in [-0.2, -0.15) is 0 Å². The second kappa shape index (κ2) is 7.05. The van der Waals surface area contributed by atoms with E-state index in [1.54, 1.807) is 12.4 Å². The Labute approximate surface area is 134 Å². The predicted molar refractivity (Wildman–Crippen MR) is 89.3 cm³/mol. The van der Waals surface area contributed by atoms with E-state index < -0.39 is 0 Å². The van der Waals surface area contributed by atoms with E-state index in [0.717, 1.165) is 22.3 Å². The van der Waals surface area contributed by atoms with E-state index >= 15 is 0 Å². The number of nitrogens with one attached hydrogen (secondary N) is 1. The molecule has 1 aromatic carbocycles. The molecule has 1 N–H and O–H groups in total. The van der Waals surface area contributed by atoms with Crippen molar-refractivity contribution >= 4 is 15.9 Å². The van der Waals surface area contributed by atoms with Gasteiger partial charge in [-0.3, -0.25) is 4.98 Å². The molecule has 21 heavy (non-hydrogen) atoms. The first-order valence-electron chi connectivity index (χ1n) is 6.98. The fourth-order valence-electron chi connectivity index (χ4n) is 1.83. The number of nitrogens with zero attached hydrogens (tertiary/aromatic N) is 1. The molecule has 4 heteroatoms. The first-order chi connectivity index (χ1) is 9.92. The summed E-state index contributed by atoms with van der Waals surface area (Å²) in [5.41, 5.74) is 2.54. The van der Waals surface area contributed by atoms with Crippen molar-refractivity contribution in [2.75, 3.05) is 0 Å². The number of halogens is 1. The lowest BCUT2D eigenvalue weighted by Crippen LogP contribution is -2.35. The molecule has 0 fully saturated rings. The molecule has 0 saturated carbocycles. The summed E-state index contributed by atoms with van der Waals surface area (Å²) in [7, 11) is 0. The average Bonchev–Trinajstić information content (AvgIpc) is 2.43. The second-order valence-electron chi connectivity index (χ2n) is 6.05. The van der Waals surface area contributed by atoms with Crippen LogP contribution < -0.4 is 10.1 Å². The summed E-state index contributed by atoms with van der Waals surface area (Å²) in [5.74, 6) is 0.766. The molecule has 112 valence electrons. The van der Waals surface area contributed by atoms with Crippen LogP contribution in [0.4, 0.5) is 0 Å². The molecule has 0 amide bonds. The summed E-state index contributed by atoms with van der Waals surface area (Å²) in [4.78, 5) is 4.09. The van der Waals surface area contributed by atoms with Gasteiger partial charge in [-0.25, -0.2) is 0 Å². The fourth-order valence-corrected chi connectivity index (χ4v) is 2.18. The van der Waals surface area contributed by atoms with E-state index in [1.807, 2.05) is 6.07 Å². The molecule has 3 nitrogen and oxygen atoms in total. The minimum Gasteiger partial charge on any atom is -0.487 e. The van der Waals surface area contributed by atoms with Crippen LogP contribution in [-0.4, -0.2) is 10.5 Å². The van der Waals surface area contributed by atoms with Crippen molar-refractivity contribution in [3.63, 3.8) is 0 Å². The summed E-state index contributed by atoms with van der Waals surface area (Å²) in [6.07, 6.45) is 3.46. The highest BCUT2D eigenvalue weighted by Crippen LogP contribution is 2.17. The van der Waals surface area contributed by atoms with Crippen molar-refractivity contribution in [2.24, 2.45) is 0 Å². The van der Waals surface area contributed by atoms with Crippen LogP contribution in [0.3, 0.4) is 0 Å². The molecule has 1 aromatic heterocycles. The number of ether oxygens (including phenoxy) is 1. The third-order valence-electron chi connectivity index (χ3n) is 2.90. The van der Waals surface area contributed by atoms with E-state index in [1.165, 1.54) is 5.56 Å². The van der Waals surface area contributed by atoms with Crippen LogP contribution in [0.5, 0.6) is 5.75 Å². The third-order valence-corrected chi connectivity index (χ3v) is 3.33. The summed E-state index contributed by atoms with van der Waals surface area (Å²) in [6, 6.07) is 10.4. The van der Waals surface area contributed by atoms with Gasteiger partial charge < -0.3 is 10.1 Å². The minimum absolute atomic E-state index is 0.120. The Hall–Kier alpha value is -1.39. The molecule has 0 aliphatic heterocycles. The number of benzene rings is 1. The van der Waals surface area contributed by atoms with Crippen molar-refractivity contribution < 1.29 is 4.74 Å². The molecule has 0 aliphatic rings. The van der Waals surface area contributed by atoms with Gasteiger partial charge in [0.05, 0.1) is 6.20 Å². The highest BCUT2D eigenvalue weighted by molar-refractivity contribution is 9.10. The Bertz CT molecular complexity index is 593. The van der Waals surface area contributed by atoms with Gasteiger partial charge in [0.25, 0.3) is 0 Å². The van der Waals surface area contributed by atoms with Crippen LogP contribution in [0, 0.1) is 0 Å². The Morgan fingerprint density at radius 2 is 1.90 bits per heavy atom. The van der Waals surface area contributed by atoms with E-state index in [4.69, 9.17) is 4.74 Å². The fraction of sp³-hybridized carbons (Fsp3) is 0.353. The molecule has 0 aliphatic carbocycles. The van der Waals surface area contributed by atoms with Crippen LogP contribution in [0.25, 0.3) is 0 Å². The monoisotopic (exact) mass is 348 g/mol. The maximum absolute atomic E-state index is 5.76. The molecule has 0 saturated heterocycles. The standard InChI is InChI=1S/C17H21BrN2O/c1-17(2,3)20-9-13-5-4-6-14(7-13)12-21-16-8-15(18)10-19-11-16/h4-8,10-11,20H,9,12H2,1-3H3. The SMILES string of the molecule is CC(C)(C)NCc1cccc(COc2cncc(Br)c2)c1. The largest absolute Gasteiger partial charge is 0.487 e. The number of hydrogen-bond acceptors (Lipinski definition) is 3. The Balaban J connectivity index is 1.95. The van der Waals surface area contributed by atoms with E-state index in [9.17, 15) is 0 Å². The zero-order chi connectivity index (χ0) is 15.3. The van der Waals surface area contributed by atoms with Crippen LogP contribution in [-0.2, 0) is 13.2 Å². The Kier molecular flexibility index (Phi) is 5.37. The van der Waals surface area contributed by atoms with Gasteiger partial charge in [-0.15, -0.1) is 0 Å². The average molecular weight is 349 g/mol. The summed E-state index contributed by atoms with van der Waals surface area (Å²) < 4.78 is 6.68. The molecule has 1 heterocycles. The molecule has 0 bridgehead atoms. The minimum atomic E-state index is 0.120. The molecular formula is C17H21BrN2O. The molecule has 0 spiro atoms. The van der Waals surface area contributed by atoms with E-state index in [2.05, 4.69) is 71.3 Å². The summed E-state index contributed by atoms with van der Waals surface area (Å²) in [6.45, 7) is 7.90. The van der Waals surface area contributed by atoms with Crippen LogP contribution in [0.1, 0.15) is 31.9 Å². The number of hydrogen-bond donors (Lipinski definition) is 1. The van der Waals surface area contributed by atoms with Crippen LogP contribution >= 0.6 is 15.9 Å². The molecule has 0 atom stereocenters. The maximum Gasteiger partial charge on any atom is 0.139 e. The van der Waals surface area contributed by atoms with Crippen molar-refractivity contribution in [3.8, 4) is 5.75 Å². The normalized spacial score (nSPS) is 11.4. The first kappa shape index (κ1) is 16.0. The third kappa shape index (κ3) is 5.86. The van der Waals surface area contributed by atoms with Crippen molar-refractivity contribution in [1.82, 2.24) is 10.3 Å². The quantitative estimate of drug-likeness (QED) is 0.873. The van der Waals surface area contributed by atoms with Crippen molar-refractivity contribution in [3.05, 3.63) is 58.3 Å². The predicted octanol–water partition coefficient (Wildman–Crippen LogP) is 4.31. The van der Waals surface area contributed by atoms with Crippen molar-refractivity contribution in [2.45, 2.75) is 39.5 Å². The zero-order valence-corrected chi connectivity index (χ0v) is 14.3. The van der Waals surface area contributed by atoms with Gasteiger partial charge >= 0.3 is 0 Å². The number of pyridine rings is 1. The van der Waals surface area contributed by atoms with Crippen molar-refractivity contribution in [1.29, 1.82) is 0 Å². The molecule has 2 rings (SSSR count). The lowest BCUT2D eigenvalue weighted by molar-refractivity contribution is 0.304. The van der Waals surface area contributed by atoms with Gasteiger partial charge in [0, 0.05) is 22.8 Å². The second-order valence-corrected chi connectivity index (χ2v) is 6.97. The molecule has 2 aromatic rings. The Morgan fingerprint density at radius 3 is 2.62 bits per heavy atom. The first-order valence-corrected chi connectivity index (χ1v) is 7.78. The topological polar surface area (TPSA) is 34.1 Å². The lowest BCUT2D eigenvalue weighted by atomic mass is 10.1. The smallest absolute Gasteiger partial charge is 0.139 e. The summed E-state index contributed by atoms with van der Waals surface area (Å²) in [5, 5.41) is 3.49. The zero-order valence-electron chi connectivity index (χ0n) is 12.7. The molecular weight excluding hydrogens is 328 g/mol. The number of rotatable bonds is 5. The summed E-state index contributed by atoms with van der Waals surface area (Å²) >= 11 is 3.39. The van der Waals surface area contributed by atoms with Gasteiger partial charge in [-0.05, 0) is 53.9 Å². The van der Waals surface area contributed by atoms with Gasteiger partial charge in [0.2, 0.25) is 0 Å². The molecule has 0 unspecified atom stereocenters. The maximum atomic E-state index is 5.76. The van der Waals surface area contributed by atoms with Crippen LogP contribution in [0.15, 0.2) is 47.2 Å². The highest BCUT2D eigenvalue weighted by Gasteiger charge is 2.08.